The normalized spacial score (nSPS) is 10.4. The quantitative estimate of drug-likeness (QED) is 0.658. The first-order valence-electron chi connectivity index (χ1n) is 8.61. The molecule has 0 radical (unpaired) electrons. The number of carbonyl (C=O) groups is 1. The zero-order valence-corrected chi connectivity index (χ0v) is 17.7. The lowest BCUT2D eigenvalue weighted by Gasteiger charge is -2.15. The third kappa shape index (κ3) is 5.74. The number of benzene rings is 2. The molecule has 150 valence electrons. The van der Waals surface area contributed by atoms with Gasteiger partial charge >= 0.3 is 0 Å². The third-order valence-electron chi connectivity index (χ3n) is 3.71. The van der Waals surface area contributed by atoms with E-state index in [2.05, 4.69) is 10.6 Å². The van der Waals surface area contributed by atoms with Crippen LogP contribution in [0.4, 0.5) is 0 Å². The van der Waals surface area contributed by atoms with Crippen molar-refractivity contribution >= 4 is 34.8 Å². The molecule has 6 nitrogen and oxygen atoms in total. The fraction of sp³-hybridized carbons (Fsp3) is 0.300. The van der Waals surface area contributed by atoms with Crippen molar-refractivity contribution < 1.29 is 19.0 Å². The van der Waals surface area contributed by atoms with E-state index < -0.39 is 0 Å². The average molecular weight is 423 g/mol. The highest BCUT2D eigenvalue weighted by Crippen LogP contribution is 2.33. The molecule has 1 amide bonds. The average Bonchev–Trinajstić information content (AvgIpc) is 2.66. The van der Waals surface area contributed by atoms with E-state index in [1.54, 1.807) is 37.4 Å². The molecule has 0 bridgehead atoms. The molecule has 2 N–H and O–H groups in total. The van der Waals surface area contributed by atoms with Crippen LogP contribution in [0.3, 0.4) is 0 Å². The maximum absolute atomic E-state index is 12.5. The van der Waals surface area contributed by atoms with Crippen LogP contribution in [0.15, 0.2) is 36.4 Å². The van der Waals surface area contributed by atoms with Crippen LogP contribution in [-0.2, 0) is 6.54 Å². The SMILES string of the molecule is COc1cc(Cl)c(CNC(=S)NC(=O)c2ccccc2OC(C)C)cc1OC. The molecular weight excluding hydrogens is 400 g/mol. The monoisotopic (exact) mass is 422 g/mol. The number of halogens is 1. The molecule has 8 heteroatoms. The number of amides is 1. The summed E-state index contributed by atoms with van der Waals surface area (Å²) in [6, 6.07) is 10.4. The Morgan fingerprint density at radius 3 is 2.39 bits per heavy atom. The Morgan fingerprint density at radius 2 is 1.75 bits per heavy atom. The van der Waals surface area contributed by atoms with Crippen molar-refractivity contribution in [2.24, 2.45) is 0 Å². The van der Waals surface area contributed by atoms with Crippen molar-refractivity contribution in [2.45, 2.75) is 26.5 Å². The van der Waals surface area contributed by atoms with Crippen molar-refractivity contribution in [3.8, 4) is 17.2 Å². The molecule has 2 aromatic rings. The first-order valence-corrected chi connectivity index (χ1v) is 9.39. The molecule has 0 fully saturated rings. The zero-order valence-electron chi connectivity index (χ0n) is 16.2. The van der Waals surface area contributed by atoms with Gasteiger partial charge in [-0.15, -0.1) is 0 Å². The van der Waals surface area contributed by atoms with E-state index in [1.807, 2.05) is 19.9 Å². The molecule has 0 heterocycles. The van der Waals surface area contributed by atoms with Crippen molar-refractivity contribution in [3.05, 3.63) is 52.5 Å². The number of nitrogens with one attached hydrogen (secondary N) is 2. The van der Waals surface area contributed by atoms with Gasteiger partial charge in [-0.1, -0.05) is 23.7 Å². The number of ether oxygens (including phenoxy) is 3. The Hall–Kier alpha value is -2.51. The second kappa shape index (κ2) is 10.1. The second-order valence-electron chi connectivity index (χ2n) is 6.10. The Labute approximate surface area is 175 Å². The Balaban J connectivity index is 2.03. The lowest BCUT2D eigenvalue weighted by molar-refractivity contribution is 0.0971. The summed E-state index contributed by atoms with van der Waals surface area (Å²) in [6.45, 7) is 4.10. The van der Waals surface area contributed by atoms with E-state index in [0.717, 1.165) is 5.56 Å². The van der Waals surface area contributed by atoms with Crippen LogP contribution < -0.4 is 24.8 Å². The summed E-state index contributed by atoms with van der Waals surface area (Å²) in [6.07, 6.45) is -0.0498. The topological polar surface area (TPSA) is 68.8 Å². The molecule has 2 rings (SSSR count). The Bertz CT molecular complexity index is 858. The number of para-hydroxylation sites is 1. The van der Waals surface area contributed by atoms with Gasteiger partial charge in [0.1, 0.15) is 5.75 Å². The molecule has 0 atom stereocenters. The second-order valence-corrected chi connectivity index (χ2v) is 6.91. The minimum absolute atomic E-state index is 0.0498. The molecule has 0 aliphatic heterocycles. The molecule has 2 aromatic carbocycles. The van der Waals surface area contributed by atoms with E-state index in [0.29, 0.717) is 34.4 Å². The van der Waals surface area contributed by atoms with Crippen LogP contribution in [0.25, 0.3) is 0 Å². The summed E-state index contributed by atoms with van der Waals surface area (Å²) in [5.74, 6) is 1.24. The molecule has 0 unspecified atom stereocenters. The van der Waals surface area contributed by atoms with Gasteiger partial charge in [-0.3, -0.25) is 10.1 Å². The number of hydrogen-bond donors (Lipinski definition) is 2. The van der Waals surface area contributed by atoms with Crippen molar-refractivity contribution in [1.29, 1.82) is 0 Å². The van der Waals surface area contributed by atoms with E-state index in [4.69, 9.17) is 38.0 Å². The van der Waals surface area contributed by atoms with Crippen LogP contribution in [0, 0.1) is 0 Å². The summed E-state index contributed by atoms with van der Waals surface area (Å²) < 4.78 is 16.2. The van der Waals surface area contributed by atoms with Crippen LogP contribution in [0.2, 0.25) is 5.02 Å². The minimum Gasteiger partial charge on any atom is -0.493 e. The van der Waals surface area contributed by atoms with E-state index in [1.165, 1.54) is 7.11 Å². The number of rotatable bonds is 7. The number of hydrogen-bond acceptors (Lipinski definition) is 5. The third-order valence-corrected chi connectivity index (χ3v) is 4.31. The van der Waals surface area contributed by atoms with Crippen LogP contribution in [-0.4, -0.2) is 31.3 Å². The zero-order chi connectivity index (χ0) is 20.7. The largest absolute Gasteiger partial charge is 0.493 e. The van der Waals surface area contributed by atoms with Crippen LogP contribution in [0.5, 0.6) is 17.2 Å². The highest BCUT2D eigenvalue weighted by Gasteiger charge is 2.15. The minimum atomic E-state index is -0.354. The molecular formula is C20H23ClN2O4S. The summed E-state index contributed by atoms with van der Waals surface area (Å²) >= 11 is 11.5. The lowest BCUT2D eigenvalue weighted by atomic mass is 10.2. The van der Waals surface area contributed by atoms with E-state index in [9.17, 15) is 4.79 Å². The number of thiocarbonyl (C=S) groups is 1. The van der Waals surface area contributed by atoms with Gasteiger partial charge in [0, 0.05) is 17.6 Å². The van der Waals surface area contributed by atoms with Crippen LogP contribution in [0.1, 0.15) is 29.8 Å². The van der Waals surface area contributed by atoms with Gasteiger partial charge in [-0.05, 0) is 49.8 Å². The summed E-state index contributed by atoms with van der Waals surface area (Å²) in [7, 11) is 3.09. The number of methoxy groups -OCH3 is 2. The molecule has 0 aliphatic carbocycles. The van der Waals surface area contributed by atoms with E-state index >= 15 is 0 Å². The maximum Gasteiger partial charge on any atom is 0.261 e. The summed E-state index contributed by atoms with van der Waals surface area (Å²) in [5, 5.41) is 6.29. The van der Waals surface area contributed by atoms with Gasteiger partial charge in [0.05, 0.1) is 25.9 Å². The molecule has 0 aromatic heterocycles. The van der Waals surface area contributed by atoms with Crippen LogP contribution >= 0.6 is 23.8 Å². The molecule has 0 aliphatic rings. The highest BCUT2D eigenvalue weighted by atomic mass is 35.5. The van der Waals surface area contributed by atoms with Crippen molar-refractivity contribution in [2.75, 3.05) is 14.2 Å². The Morgan fingerprint density at radius 1 is 1.11 bits per heavy atom. The number of carbonyl (C=O) groups excluding carboxylic acids is 1. The summed E-state index contributed by atoms with van der Waals surface area (Å²) in [4.78, 5) is 12.5. The fourth-order valence-electron chi connectivity index (χ4n) is 2.43. The van der Waals surface area contributed by atoms with Gasteiger partial charge in [0.25, 0.3) is 5.91 Å². The van der Waals surface area contributed by atoms with E-state index in [-0.39, 0.29) is 17.1 Å². The highest BCUT2D eigenvalue weighted by molar-refractivity contribution is 7.80. The van der Waals surface area contributed by atoms with Gasteiger partial charge in [0.2, 0.25) is 0 Å². The Kier molecular flexibility index (Phi) is 7.90. The van der Waals surface area contributed by atoms with Crippen molar-refractivity contribution in [3.63, 3.8) is 0 Å². The fourth-order valence-corrected chi connectivity index (χ4v) is 2.82. The molecule has 28 heavy (non-hydrogen) atoms. The first-order chi connectivity index (χ1) is 13.3. The molecule has 0 saturated carbocycles. The first kappa shape index (κ1) is 21.8. The van der Waals surface area contributed by atoms with Gasteiger partial charge in [-0.2, -0.15) is 0 Å². The summed E-state index contributed by atoms with van der Waals surface area (Å²) in [5.41, 5.74) is 1.16. The molecule has 0 spiro atoms. The predicted octanol–water partition coefficient (Wildman–Crippen LogP) is 3.95. The molecule has 0 saturated heterocycles. The predicted molar refractivity (Wildman–Crippen MR) is 114 cm³/mol. The smallest absolute Gasteiger partial charge is 0.261 e. The van der Waals surface area contributed by atoms with Crippen molar-refractivity contribution in [1.82, 2.24) is 10.6 Å². The maximum atomic E-state index is 12.5. The lowest BCUT2D eigenvalue weighted by Crippen LogP contribution is -2.39. The standard InChI is InChI=1S/C20H23ClN2O4S/c1-12(2)27-16-8-6-5-7-14(16)19(24)23-20(28)22-11-13-9-17(25-3)18(26-4)10-15(13)21/h5-10,12H,11H2,1-4H3,(H2,22,23,24,28). The van der Waals surface area contributed by atoms with Gasteiger partial charge in [0.15, 0.2) is 16.6 Å². The van der Waals surface area contributed by atoms with Gasteiger partial charge < -0.3 is 19.5 Å². The van der Waals surface area contributed by atoms with Gasteiger partial charge in [-0.25, -0.2) is 0 Å².